The van der Waals surface area contributed by atoms with E-state index in [0.29, 0.717) is 13.0 Å². The molecular formula is C20H20F3NO. The fourth-order valence-corrected chi connectivity index (χ4v) is 3.58. The van der Waals surface area contributed by atoms with E-state index >= 15 is 0 Å². The standard InChI is InChI=1S/C20H20F3NO/c1-11(2)19-14-5-4-12(3)10-13(14)8-9-24(19)20(25)15-6-7-16(21)18(23)17(15)22/h4-7,10-11,19H,8-9H2,1-3H3. The monoisotopic (exact) mass is 347 g/mol. The molecule has 0 spiro atoms. The van der Waals surface area contributed by atoms with Crippen LogP contribution in [0, 0.1) is 30.3 Å². The first-order valence-corrected chi connectivity index (χ1v) is 8.35. The van der Waals surface area contributed by atoms with E-state index in [0.717, 1.165) is 23.3 Å². The minimum atomic E-state index is -1.61. The van der Waals surface area contributed by atoms with Crippen molar-refractivity contribution in [1.29, 1.82) is 0 Å². The summed E-state index contributed by atoms with van der Waals surface area (Å²) in [6, 6.07) is 7.65. The Labute approximate surface area is 145 Å². The van der Waals surface area contributed by atoms with Crippen LogP contribution in [-0.2, 0) is 6.42 Å². The first kappa shape index (κ1) is 17.5. The Kier molecular flexibility index (Phi) is 4.58. The molecule has 1 heterocycles. The summed E-state index contributed by atoms with van der Waals surface area (Å²) < 4.78 is 40.8. The maximum atomic E-state index is 14.1. The molecule has 0 aliphatic carbocycles. The third-order valence-electron chi connectivity index (χ3n) is 4.73. The third-order valence-corrected chi connectivity index (χ3v) is 4.73. The molecule has 3 rings (SSSR count). The second-order valence-electron chi connectivity index (χ2n) is 6.86. The van der Waals surface area contributed by atoms with Crippen molar-refractivity contribution in [2.75, 3.05) is 6.54 Å². The van der Waals surface area contributed by atoms with Gasteiger partial charge in [0.05, 0.1) is 11.6 Å². The van der Waals surface area contributed by atoms with E-state index < -0.39 is 28.9 Å². The quantitative estimate of drug-likeness (QED) is 0.714. The zero-order chi connectivity index (χ0) is 18.3. The van der Waals surface area contributed by atoms with Gasteiger partial charge in [-0.1, -0.05) is 37.6 Å². The lowest BCUT2D eigenvalue weighted by molar-refractivity contribution is 0.0597. The molecule has 2 nitrogen and oxygen atoms in total. The van der Waals surface area contributed by atoms with Gasteiger partial charge in [-0.2, -0.15) is 0 Å². The first-order valence-electron chi connectivity index (χ1n) is 8.35. The fraction of sp³-hybridized carbons (Fsp3) is 0.350. The van der Waals surface area contributed by atoms with Gasteiger partial charge >= 0.3 is 0 Å². The number of fused-ring (bicyclic) bond motifs is 1. The second kappa shape index (κ2) is 6.54. The van der Waals surface area contributed by atoms with Crippen molar-refractivity contribution >= 4 is 5.91 Å². The average molecular weight is 347 g/mol. The van der Waals surface area contributed by atoms with Gasteiger partial charge in [0.2, 0.25) is 0 Å². The van der Waals surface area contributed by atoms with Crippen molar-refractivity contribution in [2.24, 2.45) is 5.92 Å². The van der Waals surface area contributed by atoms with Gasteiger partial charge in [-0.15, -0.1) is 0 Å². The normalized spacial score (nSPS) is 16.9. The van der Waals surface area contributed by atoms with Gasteiger partial charge in [0, 0.05) is 6.54 Å². The molecule has 0 radical (unpaired) electrons. The largest absolute Gasteiger partial charge is 0.331 e. The summed E-state index contributed by atoms with van der Waals surface area (Å²) in [5, 5.41) is 0. The highest BCUT2D eigenvalue weighted by atomic mass is 19.2. The van der Waals surface area contributed by atoms with Crippen molar-refractivity contribution in [2.45, 2.75) is 33.2 Å². The van der Waals surface area contributed by atoms with Gasteiger partial charge in [0.15, 0.2) is 17.5 Å². The van der Waals surface area contributed by atoms with Crippen molar-refractivity contribution < 1.29 is 18.0 Å². The molecule has 0 fully saturated rings. The molecule has 0 N–H and O–H groups in total. The van der Waals surface area contributed by atoms with Gasteiger partial charge in [-0.3, -0.25) is 4.79 Å². The Morgan fingerprint density at radius 1 is 1.12 bits per heavy atom. The lowest BCUT2D eigenvalue weighted by Gasteiger charge is -2.40. The number of carbonyl (C=O) groups is 1. The summed E-state index contributed by atoms with van der Waals surface area (Å²) in [5.74, 6) is -4.85. The zero-order valence-electron chi connectivity index (χ0n) is 14.4. The molecule has 2 aromatic carbocycles. The van der Waals surface area contributed by atoms with Crippen LogP contribution in [0.15, 0.2) is 30.3 Å². The van der Waals surface area contributed by atoms with E-state index in [1.54, 1.807) is 4.90 Å². The summed E-state index contributed by atoms with van der Waals surface area (Å²) in [5.41, 5.74) is 2.92. The number of hydrogen-bond acceptors (Lipinski definition) is 1. The van der Waals surface area contributed by atoms with Crippen LogP contribution in [0.2, 0.25) is 0 Å². The summed E-state index contributed by atoms with van der Waals surface area (Å²) >= 11 is 0. The molecule has 1 aliphatic heterocycles. The Bertz CT molecular complexity index is 832. The van der Waals surface area contributed by atoms with Crippen LogP contribution in [0.1, 0.15) is 46.9 Å². The molecule has 1 atom stereocenters. The molecule has 132 valence electrons. The molecule has 25 heavy (non-hydrogen) atoms. The minimum absolute atomic E-state index is 0.0964. The maximum absolute atomic E-state index is 14.1. The van der Waals surface area contributed by atoms with Crippen molar-refractivity contribution in [3.8, 4) is 0 Å². The molecule has 0 saturated heterocycles. The van der Waals surface area contributed by atoms with Crippen LogP contribution < -0.4 is 0 Å². The van der Waals surface area contributed by atoms with Gasteiger partial charge in [-0.25, -0.2) is 13.2 Å². The number of halogens is 3. The molecule has 0 aromatic heterocycles. The van der Waals surface area contributed by atoms with Gasteiger partial charge in [-0.05, 0) is 42.5 Å². The van der Waals surface area contributed by atoms with E-state index in [1.165, 1.54) is 5.56 Å². The van der Waals surface area contributed by atoms with Crippen molar-refractivity contribution in [3.05, 3.63) is 70.0 Å². The summed E-state index contributed by atoms with van der Waals surface area (Å²) in [6.07, 6.45) is 0.650. The number of hydrogen-bond donors (Lipinski definition) is 0. The van der Waals surface area contributed by atoms with Crippen LogP contribution in [0.25, 0.3) is 0 Å². The average Bonchev–Trinajstić information content (AvgIpc) is 2.58. The Morgan fingerprint density at radius 3 is 2.52 bits per heavy atom. The first-order chi connectivity index (χ1) is 11.8. The number of benzene rings is 2. The Hall–Kier alpha value is -2.30. The lowest BCUT2D eigenvalue weighted by atomic mass is 9.85. The highest BCUT2D eigenvalue weighted by Gasteiger charge is 2.34. The molecule has 2 aromatic rings. The van der Waals surface area contributed by atoms with Gasteiger partial charge < -0.3 is 4.90 Å². The minimum Gasteiger partial charge on any atom is -0.331 e. The summed E-state index contributed by atoms with van der Waals surface area (Å²) in [6.45, 7) is 6.40. The van der Waals surface area contributed by atoms with E-state index in [-0.39, 0.29) is 12.0 Å². The molecule has 1 amide bonds. The molecule has 1 unspecified atom stereocenters. The van der Waals surface area contributed by atoms with Crippen LogP contribution in [0.4, 0.5) is 13.2 Å². The zero-order valence-corrected chi connectivity index (χ0v) is 14.4. The van der Waals surface area contributed by atoms with Crippen molar-refractivity contribution in [1.82, 2.24) is 4.90 Å². The van der Waals surface area contributed by atoms with E-state index in [4.69, 9.17) is 0 Å². The summed E-state index contributed by atoms with van der Waals surface area (Å²) in [4.78, 5) is 14.4. The molecule has 0 saturated carbocycles. The van der Waals surface area contributed by atoms with Gasteiger partial charge in [0.1, 0.15) is 0 Å². The maximum Gasteiger partial charge on any atom is 0.257 e. The Morgan fingerprint density at radius 2 is 1.84 bits per heavy atom. The fourth-order valence-electron chi connectivity index (χ4n) is 3.58. The smallest absolute Gasteiger partial charge is 0.257 e. The number of amides is 1. The molecule has 0 bridgehead atoms. The van der Waals surface area contributed by atoms with Crippen molar-refractivity contribution in [3.63, 3.8) is 0 Å². The molecule has 1 aliphatic rings. The van der Waals surface area contributed by atoms with E-state index in [1.807, 2.05) is 32.9 Å². The number of nitrogens with zero attached hydrogens (tertiary/aromatic N) is 1. The SMILES string of the molecule is Cc1ccc2c(c1)CCN(C(=O)c1ccc(F)c(F)c1F)C2C(C)C. The van der Waals surface area contributed by atoms with Crippen LogP contribution in [0.5, 0.6) is 0 Å². The number of aryl methyl sites for hydroxylation is 1. The number of rotatable bonds is 2. The summed E-state index contributed by atoms with van der Waals surface area (Å²) in [7, 11) is 0. The highest BCUT2D eigenvalue weighted by molar-refractivity contribution is 5.95. The van der Waals surface area contributed by atoms with E-state index in [2.05, 4.69) is 6.07 Å². The molecular weight excluding hydrogens is 327 g/mol. The number of carbonyl (C=O) groups excluding carboxylic acids is 1. The Balaban J connectivity index is 2.03. The van der Waals surface area contributed by atoms with E-state index in [9.17, 15) is 18.0 Å². The highest BCUT2D eigenvalue weighted by Crippen LogP contribution is 2.37. The van der Waals surface area contributed by atoms with Crippen LogP contribution in [0.3, 0.4) is 0 Å². The second-order valence-corrected chi connectivity index (χ2v) is 6.86. The lowest BCUT2D eigenvalue weighted by Crippen LogP contribution is -2.42. The van der Waals surface area contributed by atoms with Crippen LogP contribution >= 0.6 is 0 Å². The predicted molar refractivity (Wildman–Crippen MR) is 89.8 cm³/mol. The predicted octanol–water partition coefficient (Wildman–Crippen LogP) is 4.81. The molecule has 5 heteroatoms. The third kappa shape index (κ3) is 3.03. The van der Waals surface area contributed by atoms with Crippen LogP contribution in [-0.4, -0.2) is 17.4 Å². The van der Waals surface area contributed by atoms with Gasteiger partial charge in [0.25, 0.3) is 5.91 Å². The topological polar surface area (TPSA) is 20.3 Å².